The molecule has 0 saturated heterocycles. The van der Waals surface area contributed by atoms with Crippen molar-refractivity contribution in [1.82, 2.24) is 0 Å². The molecule has 0 aliphatic rings. The first-order valence-electron chi connectivity index (χ1n) is 39.0. The Morgan fingerprint density at radius 3 is 0.696 bits per heavy atom. The summed E-state index contributed by atoms with van der Waals surface area (Å²) >= 11 is 0. The quantitative estimate of drug-likeness (QED) is 0.0790. The van der Waals surface area contributed by atoms with Gasteiger partial charge in [-0.05, 0) is 253 Å². The lowest BCUT2D eigenvalue weighted by Crippen LogP contribution is -2.12. The van der Waals surface area contributed by atoms with E-state index >= 15 is 0 Å². The average Bonchev–Trinajstić information content (AvgIpc) is 0.735. The number of hydrogen-bond donors (Lipinski definition) is 0. The minimum absolute atomic E-state index is 1.11. The van der Waals surface area contributed by atoms with Crippen molar-refractivity contribution < 1.29 is 0 Å². The lowest BCUT2D eigenvalue weighted by Gasteiger charge is -2.29. The van der Waals surface area contributed by atoms with Crippen molar-refractivity contribution >= 4 is 102 Å². The SMILES string of the molecule is Cc1ccc(C(=Cc2ccc(N(c3ccc(C)cc3C)c3ccc(C=C(c4ccc(C)cc4)c4ccc(C)cc4)c4ccccc34)cc2)c2ccc(C)cc2)cc1.Cc1ccc(C(=Cc2ccc(N(c3ccc(C)cc3C)c3ccc(C=C(c4ccccc4)c4ccccc4)c4ccccc34)cc2)c2ccc(C)cc2)cc1. The lowest BCUT2D eigenvalue weighted by molar-refractivity contribution is 1.25. The fourth-order valence-electron chi connectivity index (χ4n) is 15.2. The Morgan fingerprint density at radius 2 is 0.420 bits per heavy atom. The Kier molecular flexibility index (Phi) is 22.2. The Morgan fingerprint density at radius 1 is 0.188 bits per heavy atom. The molecule has 0 bridgehead atoms. The van der Waals surface area contributed by atoms with E-state index in [9.17, 15) is 0 Å². The third-order valence-electron chi connectivity index (χ3n) is 21.4. The van der Waals surface area contributed by atoms with E-state index in [0.717, 1.165) is 45.3 Å². The maximum absolute atomic E-state index is 2.43. The van der Waals surface area contributed by atoms with E-state index in [-0.39, 0.29) is 0 Å². The zero-order chi connectivity index (χ0) is 77.2. The third-order valence-corrected chi connectivity index (χ3v) is 21.4. The van der Waals surface area contributed by atoms with Crippen LogP contribution in [0.3, 0.4) is 0 Å². The van der Waals surface area contributed by atoms with Crippen LogP contribution in [0.25, 0.3) is 68.1 Å². The predicted octanol–water partition coefficient (Wildman–Crippen LogP) is 30.1. The van der Waals surface area contributed by atoms with Gasteiger partial charge in [0.25, 0.3) is 0 Å². The molecule has 2 heteroatoms. The van der Waals surface area contributed by atoms with Crippen molar-refractivity contribution in [2.24, 2.45) is 0 Å². The van der Waals surface area contributed by atoms with E-state index < -0.39 is 0 Å². The highest BCUT2D eigenvalue weighted by molar-refractivity contribution is 6.08. The summed E-state index contributed by atoms with van der Waals surface area (Å²) in [5.41, 5.74) is 38.5. The summed E-state index contributed by atoms with van der Waals surface area (Å²) in [5.74, 6) is 0. The van der Waals surface area contributed by atoms with Crippen LogP contribution in [0.15, 0.2) is 364 Å². The molecule has 0 heterocycles. The normalized spacial score (nSPS) is 10.9. The molecule has 2 nitrogen and oxygen atoms in total. The van der Waals surface area contributed by atoms with Crippen molar-refractivity contribution in [3.63, 3.8) is 0 Å². The number of anilines is 6. The Labute approximate surface area is 663 Å². The van der Waals surface area contributed by atoms with Gasteiger partial charge in [0.05, 0.1) is 11.4 Å². The smallest absolute Gasteiger partial charge is 0.0540 e. The van der Waals surface area contributed by atoms with Gasteiger partial charge in [0, 0.05) is 33.5 Å². The summed E-state index contributed by atoms with van der Waals surface area (Å²) in [5, 5.41) is 4.81. The molecule has 0 aliphatic carbocycles. The lowest BCUT2D eigenvalue weighted by atomic mass is 9.92. The number of aryl methyl sites for hydroxylation is 10. The van der Waals surface area contributed by atoms with Crippen LogP contribution in [0.4, 0.5) is 34.1 Å². The molecule has 0 atom stereocenters. The first-order chi connectivity index (χ1) is 54.6. The van der Waals surface area contributed by atoms with E-state index in [0.29, 0.717) is 0 Å². The molecule has 0 aliphatic heterocycles. The van der Waals surface area contributed by atoms with Gasteiger partial charge in [0.2, 0.25) is 0 Å². The molecule has 0 fully saturated rings. The molecule has 16 rings (SSSR count). The van der Waals surface area contributed by atoms with Gasteiger partial charge >= 0.3 is 0 Å². The molecule has 544 valence electrons. The number of rotatable bonds is 18. The average molecular weight is 1440 g/mol. The van der Waals surface area contributed by atoms with Crippen LogP contribution >= 0.6 is 0 Å². The van der Waals surface area contributed by atoms with Crippen LogP contribution < -0.4 is 9.80 Å². The monoisotopic (exact) mass is 1440 g/mol. The summed E-state index contributed by atoms with van der Waals surface area (Å²) in [6, 6.07) is 133. The van der Waals surface area contributed by atoms with E-state index in [2.05, 4.69) is 467 Å². The van der Waals surface area contributed by atoms with E-state index in [1.54, 1.807) is 0 Å². The molecule has 16 aromatic rings. The van der Waals surface area contributed by atoms with Gasteiger partial charge in [-0.15, -0.1) is 0 Å². The zero-order valence-corrected chi connectivity index (χ0v) is 65.8. The van der Waals surface area contributed by atoms with Crippen molar-refractivity contribution in [2.45, 2.75) is 69.2 Å². The first kappa shape index (κ1) is 74.1. The topological polar surface area (TPSA) is 6.48 Å². The van der Waals surface area contributed by atoms with Gasteiger partial charge in [0.15, 0.2) is 0 Å². The summed E-state index contributed by atoms with van der Waals surface area (Å²) < 4.78 is 0. The molecule has 0 radical (unpaired) electrons. The van der Waals surface area contributed by atoms with Crippen LogP contribution in [0.5, 0.6) is 0 Å². The highest BCUT2D eigenvalue weighted by Gasteiger charge is 2.22. The first-order valence-corrected chi connectivity index (χ1v) is 39.0. The van der Waals surface area contributed by atoms with Gasteiger partial charge in [-0.2, -0.15) is 0 Å². The van der Waals surface area contributed by atoms with Crippen molar-refractivity contribution in [2.75, 3.05) is 9.80 Å². The second-order valence-corrected chi connectivity index (χ2v) is 30.0. The molecule has 0 aromatic heterocycles. The van der Waals surface area contributed by atoms with Crippen molar-refractivity contribution in [1.29, 1.82) is 0 Å². The number of nitrogens with zero attached hydrogens (tertiary/aromatic N) is 2. The molecular weight excluding hydrogens is 1350 g/mol. The minimum Gasteiger partial charge on any atom is -0.310 e. The summed E-state index contributed by atoms with van der Waals surface area (Å²) in [6.45, 7) is 21.6. The second-order valence-electron chi connectivity index (χ2n) is 30.0. The predicted molar refractivity (Wildman–Crippen MR) is 484 cm³/mol. The molecule has 112 heavy (non-hydrogen) atoms. The maximum atomic E-state index is 2.43. The number of fused-ring (bicyclic) bond motifs is 2. The highest BCUT2D eigenvalue weighted by atomic mass is 15.2. The van der Waals surface area contributed by atoms with Crippen LogP contribution in [0.1, 0.15) is 122 Å². The molecule has 0 saturated carbocycles. The second kappa shape index (κ2) is 33.6. The van der Waals surface area contributed by atoms with Crippen molar-refractivity contribution in [3.8, 4) is 0 Å². The Bertz CT molecular complexity index is 5940. The standard InChI is InChI=1S/C56H49N.C54H45N/c1-38-11-22-45(23-12-38)53(46-24-13-39(2)14-25-46)36-44-20-31-50(32-21-44)57(55-33-19-42(5)35-43(55)6)56-34-30-49(51-9-7-8-10-52(51)56)37-54(47-26-15-40(3)16-27-47)48-28-17-41(4)18-29-48;1-38-19-26-45(27-20-38)51(46-28-21-39(2)22-29-46)36-42-24-31-48(32-25-42)55(53-33-23-40(3)35-41(53)4)54-34-30-47(49-17-11-12-18-50(49)54)37-52(43-13-7-5-8-14-43)44-15-9-6-10-16-44/h7-37H,1-6H3;5-37H,1-4H3. The van der Waals surface area contributed by atoms with Crippen LogP contribution in [-0.4, -0.2) is 0 Å². The molecule has 16 aromatic carbocycles. The van der Waals surface area contributed by atoms with E-state index in [1.807, 2.05) is 0 Å². The summed E-state index contributed by atoms with van der Waals surface area (Å²) in [6.07, 6.45) is 9.34. The maximum Gasteiger partial charge on any atom is 0.0540 e. The summed E-state index contributed by atoms with van der Waals surface area (Å²) in [7, 11) is 0. The van der Waals surface area contributed by atoms with Crippen LogP contribution in [-0.2, 0) is 0 Å². The third kappa shape index (κ3) is 16.9. The zero-order valence-electron chi connectivity index (χ0n) is 65.8. The van der Waals surface area contributed by atoms with Crippen molar-refractivity contribution in [3.05, 3.63) is 486 Å². The van der Waals surface area contributed by atoms with Gasteiger partial charge in [-0.25, -0.2) is 0 Å². The van der Waals surface area contributed by atoms with Gasteiger partial charge < -0.3 is 9.80 Å². The van der Waals surface area contributed by atoms with Crippen LogP contribution in [0, 0.1) is 69.2 Å². The van der Waals surface area contributed by atoms with Gasteiger partial charge in [0.1, 0.15) is 0 Å². The fourth-order valence-corrected chi connectivity index (χ4v) is 15.2. The Balaban J connectivity index is 0.000000177. The molecule has 0 spiro atoms. The van der Waals surface area contributed by atoms with Crippen LogP contribution in [0.2, 0.25) is 0 Å². The molecule has 0 amide bonds. The van der Waals surface area contributed by atoms with Gasteiger partial charge in [-0.3, -0.25) is 0 Å². The highest BCUT2D eigenvalue weighted by Crippen LogP contribution is 2.46. The molecular formula is C110H94N2. The van der Waals surface area contributed by atoms with E-state index in [1.165, 1.54) is 155 Å². The van der Waals surface area contributed by atoms with E-state index in [4.69, 9.17) is 0 Å². The minimum atomic E-state index is 1.11. The molecule has 0 N–H and O–H groups in total. The largest absolute Gasteiger partial charge is 0.310 e. The Hall–Kier alpha value is -13.4. The fraction of sp³-hybridized carbons (Fsp3) is 0.0909. The number of hydrogen-bond acceptors (Lipinski definition) is 2. The summed E-state index contributed by atoms with van der Waals surface area (Å²) in [4.78, 5) is 4.86. The number of benzene rings is 16. The molecule has 0 unspecified atom stereocenters. The van der Waals surface area contributed by atoms with Gasteiger partial charge in [-0.1, -0.05) is 360 Å².